The molecule has 0 aliphatic rings. The predicted molar refractivity (Wildman–Crippen MR) is 101 cm³/mol. The molecule has 26 heavy (non-hydrogen) atoms. The van der Waals surface area contributed by atoms with Gasteiger partial charge in [0.2, 0.25) is 0 Å². The standard InChI is InChI=1S/C21H25NO4/c1-7-8-9-16-10-12-17(13-11-16)20(24)22-19(18(23)14-25-6)15(2)26-21(3,4)5/h1,10-13,15,19H,14H2,2-6H3,(H,22,24)/t15-,19?/m1/s1. The molecule has 1 amide bonds. The zero-order valence-electron chi connectivity index (χ0n) is 15.9. The van der Waals surface area contributed by atoms with Gasteiger partial charge in [-0.05, 0) is 63.8 Å². The first-order chi connectivity index (χ1) is 12.2. The molecule has 138 valence electrons. The maximum Gasteiger partial charge on any atom is 0.251 e. The number of amides is 1. The first kappa shape index (κ1) is 21.4. The summed E-state index contributed by atoms with van der Waals surface area (Å²) in [5, 5.41) is 2.74. The van der Waals surface area contributed by atoms with E-state index in [4.69, 9.17) is 15.9 Å². The number of methoxy groups -OCH3 is 1. The van der Waals surface area contributed by atoms with Crippen molar-refractivity contribution >= 4 is 11.7 Å². The SMILES string of the molecule is C#CC#Cc1ccc(C(=O)NC(C(=O)COC)[C@@H](C)OC(C)(C)C)cc1. The second kappa shape index (κ2) is 9.77. The van der Waals surface area contributed by atoms with Crippen LogP contribution >= 0.6 is 0 Å². The van der Waals surface area contributed by atoms with Gasteiger partial charge in [0.15, 0.2) is 5.78 Å². The van der Waals surface area contributed by atoms with Crippen molar-refractivity contribution in [3.63, 3.8) is 0 Å². The molecule has 0 radical (unpaired) electrons. The quantitative estimate of drug-likeness (QED) is 0.762. The molecule has 0 aliphatic carbocycles. The average Bonchev–Trinajstić information content (AvgIpc) is 2.56. The number of rotatable bonds is 7. The lowest BCUT2D eigenvalue weighted by atomic mass is 10.0. The molecule has 1 rings (SSSR count). The zero-order chi connectivity index (χ0) is 19.7. The van der Waals surface area contributed by atoms with Crippen molar-refractivity contribution in [3.8, 4) is 24.2 Å². The maximum atomic E-state index is 12.5. The van der Waals surface area contributed by atoms with Crippen LogP contribution in [0.25, 0.3) is 0 Å². The van der Waals surface area contributed by atoms with Gasteiger partial charge in [-0.2, -0.15) is 0 Å². The van der Waals surface area contributed by atoms with Crippen molar-refractivity contribution in [1.29, 1.82) is 0 Å². The van der Waals surface area contributed by atoms with Gasteiger partial charge in [0.05, 0.1) is 11.7 Å². The molecule has 1 unspecified atom stereocenters. The Morgan fingerprint density at radius 2 is 1.85 bits per heavy atom. The summed E-state index contributed by atoms with van der Waals surface area (Å²) >= 11 is 0. The van der Waals surface area contributed by atoms with Crippen LogP contribution in [0.2, 0.25) is 0 Å². The molecule has 0 spiro atoms. The highest BCUT2D eigenvalue weighted by Crippen LogP contribution is 2.14. The van der Waals surface area contributed by atoms with Crippen LogP contribution in [0.1, 0.15) is 43.6 Å². The predicted octanol–water partition coefficient (Wildman–Crippen LogP) is 2.19. The molecule has 2 atom stereocenters. The minimum atomic E-state index is -0.817. The number of Topliss-reactive ketones (excluding diaryl/α,β-unsaturated/α-hetero) is 1. The number of ether oxygens (including phenoxy) is 2. The van der Waals surface area contributed by atoms with Gasteiger partial charge in [-0.25, -0.2) is 0 Å². The summed E-state index contributed by atoms with van der Waals surface area (Å²) in [7, 11) is 1.43. The van der Waals surface area contributed by atoms with Crippen LogP contribution in [0.4, 0.5) is 0 Å². The number of terminal acetylenes is 1. The van der Waals surface area contributed by atoms with E-state index in [2.05, 4.69) is 23.1 Å². The van der Waals surface area contributed by atoms with Crippen LogP contribution in [0.15, 0.2) is 24.3 Å². The van der Waals surface area contributed by atoms with Crippen LogP contribution in [0.5, 0.6) is 0 Å². The van der Waals surface area contributed by atoms with Gasteiger partial charge in [-0.1, -0.05) is 5.92 Å². The highest BCUT2D eigenvalue weighted by molar-refractivity contribution is 5.98. The van der Waals surface area contributed by atoms with Crippen molar-refractivity contribution in [2.75, 3.05) is 13.7 Å². The van der Waals surface area contributed by atoms with E-state index in [-0.39, 0.29) is 18.3 Å². The van der Waals surface area contributed by atoms with Gasteiger partial charge in [0, 0.05) is 18.2 Å². The first-order valence-electron chi connectivity index (χ1n) is 8.25. The summed E-state index contributed by atoms with van der Waals surface area (Å²) < 4.78 is 10.8. The molecule has 1 N–H and O–H groups in total. The molecule has 0 aromatic heterocycles. The summed E-state index contributed by atoms with van der Waals surface area (Å²) in [6.07, 6.45) is 4.58. The minimum Gasteiger partial charge on any atom is -0.377 e. The third-order valence-electron chi connectivity index (χ3n) is 3.36. The van der Waals surface area contributed by atoms with E-state index in [1.54, 1.807) is 31.2 Å². The van der Waals surface area contributed by atoms with E-state index in [1.807, 2.05) is 20.8 Å². The van der Waals surface area contributed by atoms with Gasteiger partial charge in [-0.3, -0.25) is 9.59 Å². The fourth-order valence-corrected chi connectivity index (χ4v) is 2.36. The number of hydrogen-bond acceptors (Lipinski definition) is 4. The van der Waals surface area contributed by atoms with Crippen molar-refractivity contribution in [2.45, 2.75) is 45.4 Å². The van der Waals surface area contributed by atoms with E-state index in [9.17, 15) is 9.59 Å². The molecule has 0 fully saturated rings. The molecule has 0 saturated heterocycles. The van der Waals surface area contributed by atoms with Crippen molar-refractivity contribution < 1.29 is 19.1 Å². The number of ketones is 1. The van der Waals surface area contributed by atoms with Crippen LogP contribution < -0.4 is 5.32 Å². The summed E-state index contributed by atoms with van der Waals surface area (Å²) in [4.78, 5) is 24.9. The molecule has 0 saturated carbocycles. The third-order valence-corrected chi connectivity index (χ3v) is 3.36. The molecule has 5 heteroatoms. The number of nitrogens with one attached hydrogen (secondary N) is 1. The Kier molecular flexibility index (Phi) is 8.06. The monoisotopic (exact) mass is 355 g/mol. The number of carbonyl (C=O) groups is 2. The lowest BCUT2D eigenvalue weighted by Gasteiger charge is -2.30. The Labute approximate surface area is 155 Å². The van der Waals surface area contributed by atoms with Crippen LogP contribution in [-0.2, 0) is 14.3 Å². The lowest BCUT2D eigenvalue weighted by Crippen LogP contribution is -2.51. The van der Waals surface area contributed by atoms with Gasteiger partial charge < -0.3 is 14.8 Å². The summed E-state index contributed by atoms with van der Waals surface area (Å²) in [5.41, 5.74) is 0.665. The largest absolute Gasteiger partial charge is 0.377 e. The smallest absolute Gasteiger partial charge is 0.251 e. The van der Waals surface area contributed by atoms with Crippen LogP contribution in [-0.4, -0.2) is 43.2 Å². The Balaban J connectivity index is 2.94. The Bertz CT molecular complexity index is 726. The van der Waals surface area contributed by atoms with E-state index >= 15 is 0 Å². The zero-order valence-corrected chi connectivity index (χ0v) is 15.9. The van der Waals surface area contributed by atoms with Gasteiger partial charge in [-0.15, -0.1) is 6.42 Å². The third kappa shape index (κ3) is 7.11. The Hall–Kier alpha value is -2.60. The normalized spacial score (nSPS) is 12.9. The highest BCUT2D eigenvalue weighted by atomic mass is 16.5. The molecular formula is C21H25NO4. The molecule has 0 heterocycles. The number of benzene rings is 1. The fraction of sp³-hybridized carbons (Fsp3) is 0.429. The highest BCUT2D eigenvalue weighted by Gasteiger charge is 2.30. The van der Waals surface area contributed by atoms with Gasteiger partial charge >= 0.3 is 0 Å². The lowest BCUT2D eigenvalue weighted by molar-refractivity contribution is -0.132. The Morgan fingerprint density at radius 3 is 2.35 bits per heavy atom. The molecule has 5 nitrogen and oxygen atoms in total. The maximum absolute atomic E-state index is 12.5. The summed E-state index contributed by atoms with van der Waals surface area (Å²) in [6.45, 7) is 7.31. The fourth-order valence-electron chi connectivity index (χ4n) is 2.36. The van der Waals surface area contributed by atoms with Crippen LogP contribution in [0.3, 0.4) is 0 Å². The number of carbonyl (C=O) groups excluding carboxylic acids is 2. The van der Waals surface area contributed by atoms with Crippen molar-refractivity contribution in [1.82, 2.24) is 5.32 Å². The van der Waals surface area contributed by atoms with E-state index < -0.39 is 17.7 Å². The summed E-state index contributed by atoms with van der Waals surface area (Å²) in [6, 6.07) is 5.83. The van der Waals surface area contributed by atoms with Gasteiger partial charge in [0.25, 0.3) is 5.91 Å². The van der Waals surface area contributed by atoms with Crippen molar-refractivity contribution in [2.24, 2.45) is 0 Å². The second-order valence-corrected chi connectivity index (χ2v) is 6.76. The van der Waals surface area contributed by atoms with E-state index in [1.165, 1.54) is 7.11 Å². The Morgan fingerprint density at radius 1 is 1.23 bits per heavy atom. The average molecular weight is 355 g/mol. The van der Waals surface area contributed by atoms with E-state index in [0.29, 0.717) is 11.1 Å². The molecular weight excluding hydrogens is 330 g/mol. The van der Waals surface area contributed by atoms with Crippen LogP contribution in [0, 0.1) is 24.2 Å². The first-order valence-corrected chi connectivity index (χ1v) is 8.25. The molecule has 0 aliphatic heterocycles. The molecule has 1 aromatic carbocycles. The molecule has 1 aromatic rings. The second-order valence-electron chi connectivity index (χ2n) is 6.76. The molecule has 0 bridgehead atoms. The summed E-state index contributed by atoms with van der Waals surface area (Å²) in [5.74, 6) is 6.89. The van der Waals surface area contributed by atoms with E-state index in [0.717, 1.165) is 0 Å². The minimum absolute atomic E-state index is 0.108. The van der Waals surface area contributed by atoms with Gasteiger partial charge in [0.1, 0.15) is 12.6 Å². The van der Waals surface area contributed by atoms with Crippen molar-refractivity contribution in [3.05, 3.63) is 35.4 Å². The number of hydrogen-bond donors (Lipinski definition) is 1. The topological polar surface area (TPSA) is 64.6 Å².